The summed E-state index contributed by atoms with van der Waals surface area (Å²) in [4.78, 5) is 10.7. The van der Waals surface area contributed by atoms with Gasteiger partial charge < -0.3 is 10.1 Å². The van der Waals surface area contributed by atoms with Gasteiger partial charge in [0, 0.05) is 11.6 Å². The van der Waals surface area contributed by atoms with E-state index < -0.39 is 4.83 Å². The van der Waals surface area contributed by atoms with E-state index in [-0.39, 0.29) is 5.97 Å². The first-order valence-corrected chi connectivity index (χ1v) is 6.12. The second-order valence-corrected chi connectivity index (χ2v) is 4.94. The van der Waals surface area contributed by atoms with Crippen LogP contribution in [0.1, 0.15) is 0 Å². The van der Waals surface area contributed by atoms with Crippen molar-refractivity contribution in [1.29, 1.82) is 0 Å². The Balaban J connectivity index is 2.58. The summed E-state index contributed by atoms with van der Waals surface area (Å²) in [6.07, 6.45) is 0. The largest absolute Gasteiger partial charge is 0.468 e. The first-order chi connectivity index (χ1) is 7.54. The molecular weight excluding hydrogens is 317 g/mol. The Hall–Kier alpha value is -0.450. The summed E-state index contributed by atoms with van der Waals surface area (Å²) >= 11 is 14.9. The van der Waals surface area contributed by atoms with Gasteiger partial charge in [-0.05, 0) is 18.2 Å². The quantitative estimate of drug-likeness (QED) is 0.681. The smallest absolute Gasteiger partial charge is 0.321 e. The first-order valence-electron chi connectivity index (χ1n) is 4.45. The highest BCUT2D eigenvalue weighted by Gasteiger charge is 2.14. The standard InChI is InChI=1S/C10H10BrCl2NO2/c1-16-10(15)7(11)5-14-9-3-2-6(12)4-8(9)13/h2-4,7,14H,5H2,1H3. The van der Waals surface area contributed by atoms with Crippen LogP contribution in [0.5, 0.6) is 0 Å². The Kier molecular flexibility index (Phi) is 5.38. The molecule has 16 heavy (non-hydrogen) atoms. The summed E-state index contributed by atoms with van der Waals surface area (Å²) in [5.41, 5.74) is 0.722. The number of anilines is 1. The third kappa shape index (κ3) is 3.85. The van der Waals surface area contributed by atoms with Crippen LogP contribution in [-0.4, -0.2) is 24.5 Å². The summed E-state index contributed by atoms with van der Waals surface area (Å²) in [5, 5.41) is 4.10. The van der Waals surface area contributed by atoms with Gasteiger partial charge in [-0.2, -0.15) is 0 Å². The van der Waals surface area contributed by atoms with E-state index in [1.54, 1.807) is 18.2 Å². The van der Waals surface area contributed by atoms with Gasteiger partial charge in [-0.3, -0.25) is 4.79 Å². The predicted octanol–water partition coefficient (Wildman–Crippen LogP) is 3.34. The van der Waals surface area contributed by atoms with Crippen LogP contribution >= 0.6 is 39.1 Å². The average Bonchev–Trinajstić information content (AvgIpc) is 2.26. The van der Waals surface area contributed by atoms with Crippen molar-refractivity contribution in [2.24, 2.45) is 0 Å². The number of hydrogen-bond acceptors (Lipinski definition) is 3. The molecule has 0 aromatic heterocycles. The number of ether oxygens (including phenoxy) is 1. The highest BCUT2D eigenvalue weighted by molar-refractivity contribution is 9.10. The fraction of sp³-hybridized carbons (Fsp3) is 0.300. The van der Waals surface area contributed by atoms with Crippen LogP contribution < -0.4 is 5.32 Å². The molecule has 1 rings (SSSR count). The summed E-state index contributed by atoms with van der Waals surface area (Å²) in [6.45, 7) is 0.383. The number of nitrogens with one attached hydrogen (secondary N) is 1. The second-order valence-electron chi connectivity index (χ2n) is 3.00. The lowest BCUT2D eigenvalue weighted by molar-refractivity contribution is -0.139. The van der Waals surface area contributed by atoms with Gasteiger partial charge in [-0.1, -0.05) is 39.1 Å². The van der Waals surface area contributed by atoms with Crippen LogP contribution in [-0.2, 0) is 9.53 Å². The third-order valence-electron chi connectivity index (χ3n) is 1.86. The van der Waals surface area contributed by atoms with Gasteiger partial charge in [-0.15, -0.1) is 0 Å². The molecule has 1 atom stereocenters. The number of halogens is 3. The normalized spacial score (nSPS) is 12.0. The molecule has 0 heterocycles. The van der Waals surface area contributed by atoms with Crippen molar-refractivity contribution in [3.05, 3.63) is 28.2 Å². The van der Waals surface area contributed by atoms with Gasteiger partial charge in [0.1, 0.15) is 4.83 Å². The van der Waals surface area contributed by atoms with Gasteiger partial charge >= 0.3 is 5.97 Å². The number of methoxy groups -OCH3 is 1. The minimum Gasteiger partial charge on any atom is -0.468 e. The highest BCUT2D eigenvalue weighted by Crippen LogP contribution is 2.25. The molecule has 1 aromatic rings. The summed E-state index contributed by atoms with van der Waals surface area (Å²) in [7, 11) is 1.34. The topological polar surface area (TPSA) is 38.3 Å². The second kappa shape index (κ2) is 6.33. The third-order valence-corrected chi connectivity index (χ3v) is 3.11. The van der Waals surface area contributed by atoms with E-state index in [0.717, 1.165) is 5.69 Å². The molecular formula is C10H10BrCl2NO2. The lowest BCUT2D eigenvalue weighted by Crippen LogP contribution is -2.24. The van der Waals surface area contributed by atoms with E-state index in [4.69, 9.17) is 23.2 Å². The number of hydrogen-bond donors (Lipinski definition) is 1. The van der Waals surface area contributed by atoms with Crippen LogP contribution in [0.4, 0.5) is 5.69 Å². The summed E-state index contributed by atoms with van der Waals surface area (Å²) < 4.78 is 4.57. The zero-order chi connectivity index (χ0) is 12.1. The van der Waals surface area contributed by atoms with Crippen LogP contribution in [0, 0.1) is 0 Å². The molecule has 0 saturated heterocycles. The molecule has 3 nitrogen and oxygen atoms in total. The lowest BCUT2D eigenvalue weighted by atomic mass is 10.3. The van der Waals surface area contributed by atoms with E-state index in [1.165, 1.54) is 7.11 Å². The van der Waals surface area contributed by atoms with Crippen molar-refractivity contribution >= 4 is 50.8 Å². The Bertz CT molecular complexity index is 387. The fourth-order valence-corrected chi connectivity index (χ4v) is 1.87. The Morgan fingerprint density at radius 2 is 2.25 bits per heavy atom. The van der Waals surface area contributed by atoms with Crippen molar-refractivity contribution in [2.75, 3.05) is 19.0 Å². The van der Waals surface area contributed by atoms with Crippen LogP contribution in [0.2, 0.25) is 10.0 Å². The SMILES string of the molecule is COC(=O)C(Br)CNc1ccc(Cl)cc1Cl. The van der Waals surface area contributed by atoms with E-state index in [9.17, 15) is 4.79 Å². The molecule has 1 N–H and O–H groups in total. The molecule has 0 radical (unpaired) electrons. The fourth-order valence-electron chi connectivity index (χ4n) is 1.04. The number of carbonyl (C=O) groups is 1. The van der Waals surface area contributed by atoms with Crippen molar-refractivity contribution in [3.8, 4) is 0 Å². The molecule has 0 fully saturated rings. The van der Waals surface area contributed by atoms with Gasteiger partial charge in [0.2, 0.25) is 0 Å². The minimum atomic E-state index is -0.413. The minimum absolute atomic E-state index is 0.336. The van der Waals surface area contributed by atoms with Crippen LogP contribution in [0.25, 0.3) is 0 Å². The molecule has 6 heteroatoms. The number of rotatable bonds is 4. The van der Waals surface area contributed by atoms with Gasteiger partial charge in [-0.25, -0.2) is 0 Å². The van der Waals surface area contributed by atoms with Crippen LogP contribution in [0.15, 0.2) is 18.2 Å². The zero-order valence-corrected chi connectivity index (χ0v) is 11.6. The zero-order valence-electron chi connectivity index (χ0n) is 8.47. The summed E-state index contributed by atoms with van der Waals surface area (Å²) in [5.74, 6) is -0.336. The van der Waals surface area contributed by atoms with E-state index in [0.29, 0.717) is 16.6 Å². The molecule has 0 spiro atoms. The Morgan fingerprint density at radius 1 is 1.56 bits per heavy atom. The molecule has 0 saturated carbocycles. The Labute approximate surface area is 112 Å². The highest BCUT2D eigenvalue weighted by atomic mass is 79.9. The maximum atomic E-state index is 11.1. The van der Waals surface area contributed by atoms with Crippen molar-refractivity contribution in [2.45, 2.75) is 4.83 Å². The Morgan fingerprint density at radius 3 is 2.81 bits per heavy atom. The van der Waals surface area contributed by atoms with Gasteiger partial charge in [0.15, 0.2) is 0 Å². The molecule has 1 aromatic carbocycles. The molecule has 0 amide bonds. The molecule has 0 aliphatic heterocycles. The maximum Gasteiger partial charge on any atom is 0.321 e. The van der Waals surface area contributed by atoms with Crippen molar-refractivity contribution in [1.82, 2.24) is 0 Å². The molecule has 0 aliphatic carbocycles. The number of carbonyl (C=O) groups excluding carboxylic acids is 1. The van der Waals surface area contributed by atoms with E-state index in [2.05, 4.69) is 26.0 Å². The molecule has 0 aliphatic rings. The number of esters is 1. The lowest BCUT2D eigenvalue weighted by Gasteiger charge is -2.11. The monoisotopic (exact) mass is 325 g/mol. The number of alkyl halides is 1. The van der Waals surface area contributed by atoms with Gasteiger partial charge in [0.05, 0.1) is 17.8 Å². The van der Waals surface area contributed by atoms with Crippen molar-refractivity contribution < 1.29 is 9.53 Å². The number of benzene rings is 1. The van der Waals surface area contributed by atoms with E-state index >= 15 is 0 Å². The van der Waals surface area contributed by atoms with E-state index in [1.807, 2.05) is 0 Å². The first kappa shape index (κ1) is 13.6. The molecule has 88 valence electrons. The molecule has 0 bridgehead atoms. The van der Waals surface area contributed by atoms with Crippen molar-refractivity contribution in [3.63, 3.8) is 0 Å². The maximum absolute atomic E-state index is 11.1. The molecule has 1 unspecified atom stereocenters. The summed E-state index contributed by atoms with van der Waals surface area (Å²) in [6, 6.07) is 5.10. The average molecular weight is 327 g/mol. The predicted molar refractivity (Wildman–Crippen MR) is 69.7 cm³/mol. The van der Waals surface area contributed by atoms with Crippen LogP contribution in [0.3, 0.4) is 0 Å². The van der Waals surface area contributed by atoms with Gasteiger partial charge in [0.25, 0.3) is 0 Å².